The maximum absolute atomic E-state index is 12.8. The minimum Gasteiger partial charge on any atom is -0.497 e. The second-order valence-electron chi connectivity index (χ2n) is 10.0. The highest BCUT2D eigenvalue weighted by Gasteiger charge is 2.41. The smallest absolute Gasteiger partial charge is 0.311 e. The van der Waals surface area contributed by atoms with E-state index in [9.17, 15) is 14.4 Å². The first-order valence-corrected chi connectivity index (χ1v) is 10.6. The lowest BCUT2D eigenvalue weighted by molar-refractivity contribution is -0.175. The molecule has 2 rings (SSSR count). The first-order chi connectivity index (χ1) is 14.3. The van der Waals surface area contributed by atoms with Gasteiger partial charge in [-0.1, -0.05) is 12.1 Å². The van der Waals surface area contributed by atoms with Gasteiger partial charge in [-0.25, -0.2) is 0 Å². The zero-order chi connectivity index (χ0) is 23.4. The fraction of sp³-hybridized carbons (Fsp3) is 0.625. The summed E-state index contributed by atoms with van der Waals surface area (Å²) in [5.74, 6) is -0.0451. The molecule has 7 heteroatoms. The minimum absolute atomic E-state index is 0.0277. The zero-order valence-corrected chi connectivity index (χ0v) is 19.7. The molecule has 172 valence electrons. The molecule has 0 bridgehead atoms. The summed E-state index contributed by atoms with van der Waals surface area (Å²) in [6, 6.07) is 6.87. The van der Waals surface area contributed by atoms with Crippen LogP contribution in [0.15, 0.2) is 24.3 Å². The van der Waals surface area contributed by atoms with Gasteiger partial charge in [-0.05, 0) is 65.7 Å². The normalized spacial score (nSPS) is 19.7. The number of hydrogen-bond acceptors (Lipinski definition) is 6. The van der Waals surface area contributed by atoms with Crippen molar-refractivity contribution in [3.8, 4) is 5.75 Å². The molecule has 1 saturated heterocycles. The summed E-state index contributed by atoms with van der Waals surface area (Å²) in [6.07, 6.45) is 0.120. The molecule has 2 atom stereocenters. The summed E-state index contributed by atoms with van der Waals surface area (Å²) < 4.78 is 16.5. The van der Waals surface area contributed by atoms with E-state index in [0.29, 0.717) is 13.0 Å². The lowest BCUT2D eigenvalue weighted by atomic mass is 9.94. The van der Waals surface area contributed by atoms with E-state index in [1.54, 1.807) is 53.6 Å². The van der Waals surface area contributed by atoms with E-state index < -0.39 is 23.0 Å². The Bertz CT molecular complexity index is 788. The molecule has 0 saturated carbocycles. The van der Waals surface area contributed by atoms with Gasteiger partial charge in [0.2, 0.25) is 5.91 Å². The second kappa shape index (κ2) is 9.71. The largest absolute Gasteiger partial charge is 0.497 e. The predicted octanol–water partition coefficient (Wildman–Crippen LogP) is 3.73. The van der Waals surface area contributed by atoms with Crippen LogP contribution in [0.1, 0.15) is 59.9 Å². The minimum atomic E-state index is -0.672. The van der Waals surface area contributed by atoms with Gasteiger partial charge in [-0.2, -0.15) is 0 Å². The van der Waals surface area contributed by atoms with E-state index in [4.69, 9.17) is 14.2 Å². The number of methoxy groups -OCH3 is 1. The van der Waals surface area contributed by atoms with Gasteiger partial charge < -0.3 is 19.1 Å². The van der Waals surface area contributed by atoms with Crippen LogP contribution >= 0.6 is 0 Å². The fourth-order valence-corrected chi connectivity index (χ4v) is 3.15. The van der Waals surface area contributed by atoms with Gasteiger partial charge in [0.05, 0.1) is 17.9 Å². The van der Waals surface area contributed by atoms with Crippen molar-refractivity contribution in [2.24, 2.45) is 10.8 Å². The monoisotopic (exact) mass is 433 g/mol. The number of nitrogens with zero attached hydrogens (tertiary/aromatic N) is 1. The molecule has 0 radical (unpaired) electrons. The van der Waals surface area contributed by atoms with Crippen molar-refractivity contribution in [1.29, 1.82) is 0 Å². The highest BCUT2D eigenvalue weighted by Crippen LogP contribution is 2.28. The Hall–Kier alpha value is -2.57. The summed E-state index contributed by atoms with van der Waals surface area (Å²) >= 11 is 0. The Balaban J connectivity index is 2.26. The number of ether oxygens (including phenoxy) is 3. The van der Waals surface area contributed by atoms with E-state index in [0.717, 1.165) is 11.3 Å². The lowest BCUT2D eigenvalue weighted by Crippen LogP contribution is -2.55. The first-order valence-electron chi connectivity index (χ1n) is 10.6. The molecule has 0 aromatic heterocycles. The Morgan fingerprint density at radius 2 is 1.58 bits per heavy atom. The van der Waals surface area contributed by atoms with Crippen molar-refractivity contribution in [2.75, 3.05) is 13.7 Å². The van der Waals surface area contributed by atoms with Crippen LogP contribution in [0, 0.1) is 10.8 Å². The number of rotatable bonds is 6. The summed E-state index contributed by atoms with van der Waals surface area (Å²) in [5.41, 5.74) is -0.435. The third-order valence-corrected chi connectivity index (χ3v) is 5.17. The van der Waals surface area contributed by atoms with Gasteiger partial charge in [-0.15, -0.1) is 0 Å². The van der Waals surface area contributed by atoms with Crippen molar-refractivity contribution in [1.82, 2.24) is 4.90 Å². The third-order valence-electron chi connectivity index (χ3n) is 5.17. The Labute approximate surface area is 185 Å². The highest BCUT2D eigenvalue weighted by molar-refractivity contribution is 5.79. The quantitative estimate of drug-likeness (QED) is 0.636. The zero-order valence-electron chi connectivity index (χ0n) is 19.7. The van der Waals surface area contributed by atoms with Gasteiger partial charge in [-0.3, -0.25) is 14.4 Å². The summed E-state index contributed by atoms with van der Waals surface area (Å²) in [5, 5.41) is 0. The Morgan fingerprint density at radius 3 is 2.10 bits per heavy atom. The average Bonchev–Trinajstić information content (AvgIpc) is 2.68. The van der Waals surface area contributed by atoms with E-state index in [1.165, 1.54) is 0 Å². The van der Waals surface area contributed by atoms with Crippen LogP contribution in [0.2, 0.25) is 0 Å². The van der Waals surface area contributed by atoms with Crippen LogP contribution in [0.3, 0.4) is 0 Å². The van der Waals surface area contributed by atoms with E-state index in [-0.39, 0.29) is 30.9 Å². The Morgan fingerprint density at radius 1 is 1.00 bits per heavy atom. The van der Waals surface area contributed by atoms with Gasteiger partial charge in [0.1, 0.15) is 24.5 Å². The van der Waals surface area contributed by atoms with Crippen LogP contribution in [-0.2, 0) is 30.4 Å². The molecule has 0 aliphatic carbocycles. The standard InChI is InChI=1S/C24H35NO6/c1-23(2,3)21(27)30-15-18-19(31-22(28)24(4,5)6)12-13-20(26)25(18)14-16-8-10-17(29-7)11-9-16/h8-11,18-19H,12-15H2,1-7H3/t18-,19-/m0/s1. The molecule has 1 heterocycles. The van der Waals surface area contributed by atoms with Crippen LogP contribution < -0.4 is 4.74 Å². The van der Waals surface area contributed by atoms with Gasteiger partial charge in [0.25, 0.3) is 0 Å². The van der Waals surface area contributed by atoms with Crippen molar-refractivity contribution < 1.29 is 28.6 Å². The summed E-state index contributed by atoms with van der Waals surface area (Å²) in [6.45, 7) is 11.0. The topological polar surface area (TPSA) is 82.1 Å². The van der Waals surface area contributed by atoms with Gasteiger partial charge >= 0.3 is 11.9 Å². The SMILES string of the molecule is COc1ccc(CN2C(=O)CC[C@H](OC(=O)C(C)(C)C)[C@@H]2COC(=O)C(C)(C)C)cc1. The lowest BCUT2D eigenvalue weighted by Gasteiger charge is -2.41. The molecule has 0 spiro atoms. The number of benzene rings is 1. The molecule has 31 heavy (non-hydrogen) atoms. The van der Waals surface area contributed by atoms with Gasteiger partial charge in [0, 0.05) is 13.0 Å². The van der Waals surface area contributed by atoms with Gasteiger partial charge in [0.15, 0.2) is 0 Å². The number of piperidine rings is 1. The second-order valence-corrected chi connectivity index (χ2v) is 10.0. The number of hydrogen-bond donors (Lipinski definition) is 0. The van der Waals surface area contributed by atoms with E-state index >= 15 is 0 Å². The molecular weight excluding hydrogens is 398 g/mol. The average molecular weight is 434 g/mol. The molecule has 0 N–H and O–H groups in total. The van der Waals surface area contributed by atoms with E-state index in [2.05, 4.69) is 0 Å². The highest BCUT2D eigenvalue weighted by atomic mass is 16.6. The van der Waals surface area contributed by atoms with Crippen molar-refractivity contribution >= 4 is 17.8 Å². The first kappa shape index (κ1) is 24.7. The molecule has 1 aliphatic heterocycles. The predicted molar refractivity (Wildman–Crippen MR) is 116 cm³/mol. The van der Waals surface area contributed by atoms with E-state index in [1.807, 2.05) is 24.3 Å². The van der Waals surface area contributed by atoms with Crippen LogP contribution in [0.25, 0.3) is 0 Å². The number of carbonyl (C=O) groups excluding carboxylic acids is 3. The van der Waals surface area contributed by atoms with Crippen molar-refractivity contribution in [2.45, 2.75) is 73.1 Å². The van der Waals surface area contributed by atoms with Crippen LogP contribution in [-0.4, -0.2) is 48.6 Å². The van der Waals surface area contributed by atoms with Crippen molar-refractivity contribution in [3.05, 3.63) is 29.8 Å². The third kappa shape index (κ3) is 6.71. The van der Waals surface area contributed by atoms with Crippen molar-refractivity contribution in [3.63, 3.8) is 0 Å². The molecule has 1 aliphatic rings. The number of likely N-dealkylation sites (tertiary alicyclic amines) is 1. The van der Waals surface area contributed by atoms with Crippen LogP contribution in [0.4, 0.5) is 0 Å². The maximum atomic E-state index is 12.8. The molecule has 1 amide bonds. The summed E-state index contributed by atoms with van der Waals surface area (Å²) in [4.78, 5) is 39.4. The molecule has 0 unspecified atom stereocenters. The molecular formula is C24H35NO6. The molecule has 1 fully saturated rings. The number of carbonyl (C=O) groups is 3. The number of amides is 1. The fourth-order valence-electron chi connectivity index (χ4n) is 3.15. The molecule has 1 aromatic rings. The number of esters is 2. The Kier molecular flexibility index (Phi) is 7.73. The molecule has 1 aromatic carbocycles. The summed E-state index contributed by atoms with van der Waals surface area (Å²) in [7, 11) is 1.59. The molecule has 7 nitrogen and oxygen atoms in total. The van der Waals surface area contributed by atoms with Crippen LogP contribution in [0.5, 0.6) is 5.75 Å². The maximum Gasteiger partial charge on any atom is 0.311 e.